The van der Waals surface area contributed by atoms with Crippen LogP contribution in [0.5, 0.6) is 0 Å². The van der Waals surface area contributed by atoms with Crippen LogP contribution < -0.4 is 5.32 Å². The average Bonchev–Trinajstić information content (AvgIpc) is 2.67. The summed E-state index contributed by atoms with van der Waals surface area (Å²) in [6, 6.07) is 2.87. The number of hydrogen-bond acceptors (Lipinski definition) is 3. The smallest absolute Gasteiger partial charge is 0.0518 e. The van der Waals surface area contributed by atoms with Gasteiger partial charge in [0.15, 0.2) is 0 Å². The summed E-state index contributed by atoms with van der Waals surface area (Å²) in [5.74, 6) is 0.710. The Balaban J connectivity index is 2.52. The van der Waals surface area contributed by atoms with Crippen LogP contribution in [0.2, 0.25) is 0 Å². The number of rotatable bonds is 7. The molecular weight excluding hydrogens is 212 g/mol. The minimum atomic E-state index is 0.321. The first-order chi connectivity index (χ1) is 7.99. The van der Waals surface area contributed by atoms with E-state index in [1.54, 1.807) is 6.20 Å². The van der Waals surface area contributed by atoms with E-state index in [0.717, 1.165) is 12.2 Å². The molecule has 1 rings (SSSR count). The maximum absolute atomic E-state index is 4.00. The van der Waals surface area contributed by atoms with Gasteiger partial charge in [0.2, 0.25) is 0 Å². The van der Waals surface area contributed by atoms with Gasteiger partial charge in [0, 0.05) is 24.8 Å². The van der Waals surface area contributed by atoms with Crippen molar-refractivity contribution in [3.05, 3.63) is 18.0 Å². The summed E-state index contributed by atoms with van der Waals surface area (Å²) in [6.07, 6.45) is 2.99. The van der Waals surface area contributed by atoms with E-state index in [4.69, 9.17) is 0 Å². The lowest BCUT2D eigenvalue weighted by atomic mass is 10.0. The van der Waals surface area contributed by atoms with Crippen molar-refractivity contribution >= 4 is 0 Å². The second-order valence-electron chi connectivity index (χ2n) is 5.49. The first-order valence-corrected chi connectivity index (χ1v) is 6.39. The van der Waals surface area contributed by atoms with Crippen molar-refractivity contribution in [1.29, 1.82) is 0 Å². The molecule has 0 spiro atoms. The van der Waals surface area contributed by atoms with Crippen LogP contribution in [0.3, 0.4) is 0 Å². The first-order valence-electron chi connectivity index (χ1n) is 6.39. The van der Waals surface area contributed by atoms with Gasteiger partial charge < -0.3 is 10.2 Å². The quantitative estimate of drug-likeness (QED) is 0.764. The normalized spacial score (nSPS) is 15.5. The summed E-state index contributed by atoms with van der Waals surface area (Å²) < 4.78 is 0. The zero-order valence-electron chi connectivity index (χ0n) is 11.7. The summed E-state index contributed by atoms with van der Waals surface area (Å²) in [5, 5.41) is 10.7. The van der Waals surface area contributed by atoms with Crippen LogP contribution in [0.4, 0.5) is 0 Å². The maximum atomic E-state index is 4.00. The SMILES string of the molecule is CC(C)CC(CN(C)C)NC(C)c1ccn[nH]1. The van der Waals surface area contributed by atoms with Gasteiger partial charge in [0.25, 0.3) is 0 Å². The lowest BCUT2D eigenvalue weighted by molar-refractivity contribution is 0.289. The third kappa shape index (κ3) is 5.33. The Labute approximate surface area is 105 Å². The van der Waals surface area contributed by atoms with Crippen molar-refractivity contribution < 1.29 is 0 Å². The van der Waals surface area contributed by atoms with Crippen LogP contribution in [-0.2, 0) is 0 Å². The van der Waals surface area contributed by atoms with Gasteiger partial charge in [0.05, 0.1) is 5.69 Å². The molecule has 2 N–H and O–H groups in total. The zero-order valence-corrected chi connectivity index (χ0v) is 11.7. The van der Waals surface area contributed by atoms with E-state index in [-0.39, 0.29) is 0 Å². The number of H-pyrrole nitrogens is 1. The Hall–Kier alpha value is -0.870. The summed E-state index contributed by atoms with van der Waals surface area (Å²) in [5.41, 5.74) is 1.15. The lowest BCUT2D eigenvalue weighted by Gasteiger charge is -2.27. The average molecular weight is 238 g/mol. The van der Waals surface area contributed by atoms with Gasteiger partial charge in [-0.3, -0.25) is 5.10 Å². The molecule has 1 aromatic rings. The number of hydrogen-bond donors (Lipinski definition) is 2. The molecule has 0 aliphatic heterocycles. The van der Waals surface area contributed by atoms with Gasteiger partial charge in [-0.25, -0.2) is 0 Å². The molecule has 2 atom stereocenters. The minimum Gasteiger partial charge on any atom is -0.308 e. The Morgan fingerprint density at radius 2 is 2.06 bits per heavy atom. The van der Waals surface area contributed by atoms with Gasteiger partial charge in [-0.1, -0.05) is 13.8 Å². The van der Waals surface area contributed by atoms with Crippen molar-refractivity contribution in [2.75, 3.05) is 20.6 Å². The molecule has 1 aromatic heterocycles. The van der Waals surface area contributed by atoms with E-state index in [1.165, 1.54) is 6.42 Å². The van der Waals surface area contributed by atoms with Crippen molar-refractivity contribution in [3.8, 4) is 0 Å². The third-order valence-electron chi connectivity index (χ3n) is 2.82. The van der Waals surface area contributed by atoms with E-state index in [2.05, 4.69) is 55.3 Å². The van der Waals surface area contributed by atoms with Gasteiger partial charge >= 0.3 is 0 Å². The molecule has 0 aliphatic rings. The van der Waals surface area contributed by atoms with Crippen LogP contribution >= 0.6 is 0 Å². The van der Waals surface area contributed by atoms with E-state index in [9.17, 15) is 0 Å². The van der Waals surface area contributed by atoms with E-state index in [0.29, 0.717) is 18.0 Å². The van der Waals surface area contributed by atoms with Crippen LogP contribution in [0, 0.1) is 5.92 Å². The first kappa shape index (κ1) is 14.2. The van der Waals surface area contributed by atoms with Crippen molar-refractivity contribution in [3.63, 3.8) is 0 Å². The fourth-order valence-corrected chi connectivity index (χ4v) is 2.16. The Morgan fingerprint density at radius 1 is 1.35 bits per heavy atom. The predicted octanol–water partition coefficient (Wildman–Crippen LogP) is 2.04. The van der Waals surface area contributed by atoms with Crippen LogP contribution in [0.1, 0.15) is 38.9 Å². The highest BCUT2D eigenvalue weighted by molar-refractivity contribution is 5.03. The molecule has 1 heterocycles. The molecule has 17 heavy (non-hydrogen) atoms. The molecule has 4 heteroatoms. The molecule has 0 bridgehead atoms. The number of likely N-dealkylation sites (N-methyl/N-ethyl adjacent to an activating group) is 1. The molecule has 0 saturated heterocycles. The summed E-state index contributed by atoms with van der Waals surface area (Å²) in [7, 11) is 4.24. The number of nitrogens with zero attached hydrogens (tertiary/aromatic N) is 2. The van der Waals surface area contributed by atoms with Gasteiger partial charge in [-0.2, -0.15) is 5.10 Å². The van der Waals surface area contributed by atoms with Gasteiger partial charge in [-0.05, 0) is 39.4 Å². The Kier molecular flexibility index (Phi) is 5.65. The van der Waals surface area contributed by atoms with Gasteiger partial charge in [-0.15, -0.1) is 0 Å². The van der Waals surface area contributed by atoms with Gasteiger partial charge in [0.1, 0.15) is 0 Å². The third-order valence-corrected chi connectivity index (χ3v) is 2.82. The topological polar surface area (TPSA) is 44.0 Å². The second kappa shape index (κ2) is 6.77. The van der Waals surface area contributed by atoms with E-state index in [1.807, 2.05) is 6.07 Å². The molecule has 4 nitrogen and oxygen atoms in total. The molecule has 0 aromatic carbocycles. The number of nitrogens with one attached hydrogen (secondary N) is 2. The highest BCUT2D eigenvalue weighted by Gasteiger charge is 2.16. The summed E-state index contributed by atoms with van der Waals surface area (Å²) in [6.45, 7) is 7.78. The Bertz CT molecular complexity index is 282. The fraction of sp³-hybridized carbons (Fsp3) is 0.769. The number of aromatic nitrogens is 2. The zero-order chi connectivity index (χ0) is 12.8. The van der Waals surface area contributed by atoms with E-state index >= 15 is 0 Å². The van der Waals surface area contributed by atoms with Crippen molar-refractivity contribution in [2.45, 2.75) is 39.3 Å². The van der Waals surface area contributed by atoms with Crippen LogP contribution in [0.25, 0.3) is 0 Å². The molecule has 2 unspecified atom stereocenters. The molecule has 0 aliphatic carbocycles. The minimum absolute atomic E-state index is 0.321. The molecule has 0 amide bonds. The predicted molar refractivity (Wildman–Crippen MR) is 71.9 cm³/mol. The lowest BCUT2D eigenvalue weighted by Crippen LogP contribution is -2.40. The molecule has 0 saturated carbocycles. The summed E-state index contributed by atoms with van der Waals surface area (Å²) >= 11 is 0. The molecule has 98 valence electrons. The highest BCUT2D eigenvalue weighted by atomic mass is 15.1. The monoisotopic (exact) mass is 238 g/mol. The highest BCUT2D eigenvalue weighted by Crippen LogP contribution is 2.13. The van der Waals surface area contributed by atoms with Crippen LogP contribution in [-0.4, -0.2) is 41.8 Å². The Morgan fingerprint density at radius 3 is 2.53 bits per heavy atom. The number of aromatic amines is 1. The maximum Gasteiger partial charge on any atom is 0.0518 e. The summed E-state index contributed by atoms with van der Waals surface area (Å²) in [4.78, 5) is 2.24. The van der Waals surface area contributed by atoms with E-state index < -0.39 is 0 Å². The molecule has 0 radical (unpaired) electrons. The largest absolute Gasteiger partial charge is 0.308 e. The van der Waals surface area contributed by atoms with Crippen LogP contribution in [0.15, 0.2) is 12.3 Å². The van der Waals surface area contributed by atoms with Crippen molar-refractivity contribution in [1.82, 2.24) is 20.4 Å². The standard InChI is InChI=1S/C13H26N4/c1-10(2)8-12(9-17(4)5)15-11(3)13-6-7-14-16-13/h6-7,10-12,15H,8-9H2,1-5H3,(H,14,16). The van der Waals surface area contributed by atoms with Crippen molar-refractivity contribution in [2.24, 2.45) is 5.92 Å². The fourth-order valence-electron chi connectivity index (χ4n) is 2.16. The molecule has 0 fully saturated rings. The molecular formula is C13H26N4. The second-order valence-corrected chi connectivity index (χ2v) is 5.49.